The molecule has 0 bridgehead atoms. The van der Waals surface area contributed by atoms with Gasteiger partial charge in [-0.15, -0.1) is 11.8 Å². The summed E-state index contributed by atoms with van der Waals surface area (Å²) in [5, 5.41) is 14.5. The van der Waals surface area contributed by atoms with Crippen molar-refractivity contribution in [1.29, 1.82) is 5.26 Å². The van der Waals surface area contributed by atoms with E-state index < -0.39 is 23.1 Å². The number of nitrogens with zero attached hydrogens (tertiary/aromatic N) is 3. The van der Waals surface area contributed by atoms with Crippen molar-refractivity contribution in [3.8, 4) is 6.07 Å². The summed E-state index contributed by atoms with van der Waals surface area (Å²) in [5.74, 6) is 0.124. The molecule has 152 valence electrons. The minimum absolute atomic E-state index is 0.0915. The molecule has 1 saturated carbocycles. The quantitative estimate of drug-likeness (QED) is 0.670. The number of aromatic nitrogens is 2. The highest BCUT2D eigenvalue weighted by Crippen LogP contribution is 2.48. The number of nitriles is 1. The van der Waals surface area contributed by atoms with E-state index in [4.69, 9.17) is 0 Å². The van der Waals surface area contributed by atoms with Crippen LogP contribution < -0.4 is 10.6 Å². The Bertz CT molecular complexity index is 983. The van der Waals surface area contributed by atoms with E-state index in [1.54, 1.807) is 6.07 Å². The molecule has 1 fully saturated rings. The molecule has 1 aliphatic carbocycles. The second-order valence-corrected chi connectivity index (χ2v) is 7.83. The zero-order chi connectivity index (χ0) is 21.2. The molecular weight excluding hydrogens is 403 g/mol. The molecule has 2 N–H and O–H groups in total. The standard InChI is InChI=1S/C19H18F3N5OS/c1-3-29-14-7-11(18(10-23)4-5-18)8-25-15(14)17(28)27-13-6-12(19(20,21)22)9-26-16(13)24-2/h6-9H,3-5H2,1-2H3,(H,24,26)(H,27,28). The van der Waals surface area contributed by atoms with Crippen LogP contribution >= 0.6 is 11.8 Å². The lowest BCUT2D eigenvalue weighted by atomic mass is 9.99. The summed E-state index contributed by atoms with van der Waals surface area (Å²) < 4.78 is 39.0. The van der Waals surface area contributed by atoms with Crippen molar-refractivity contribution in [2.45, 2.75) is 36.3 Å². The number of pyridine rings is 2. The van der Waals surface area contributed by atoms with Crippen LogP contribution in [0, 0.1) is 11.3 Å². The van der Waals surface area contributed by atoms with Crippen LogP contribution in [0.25, 0.3) is 0 Å². The summed E-state index contributed by atoms with van der Waals surface area (Å²) in [5.41, 5.74) is -0.766. The highest BCUT2D eigenvalue weighted by molar-refractivity contribution is 7.99. The number of amides is 1. The number of hydrogen-bond acceptors (Lipinski definition) is 6. The number of hydrogen-bond donors (Lipinski definition) is 2. The average Bonchev–Trinajstić information content (AvgIpc) is 3.48. The van der Waals surface area contributed by atoms with Gasteiger partial charge in [0, 0.05) is 24.3 Å². The summed E-state index contributed by atoms with van der Waals surface area (Å²) in [4.78, 5) is 21.3. The van der Waals surface area contributed by atoms with Gasteiger partial charge in [-0.3, -0.25) is 4.79 Å². The average molecular weight is 421 g/mol. The molecule has 0 spiro atoms. The minimum Gasteiger partial charge on any atom is -0.371 e. The lowest BCUT2D eigenvalue weighted by Gasteiger charge is -2.15. The second kappa shape index (κ2) is 7.91. The maximum absolute atomic E-state index is 13.0. The highest BCUT2D eigenvalue weighted by Gasteiger charge is 2.45. The van der Waals surface area contributed by atoms with Crippen molar-refractivity contribution in [3.05, 3.63) is 41.3 Å². The van der Waals surface area contributed by atoms with Gasteiger partial charge in [-0.05, 0) is 36.3 Å². The van der Waals surface area contributed by atoms with Gasteiger partial charge in [0.05, 0.1) is 22.7 Å². The van der Waals surface area contributed by atoms with Gasteiger partial charge in [0.15, 0.2) is 0 Å². The molecule has 0 aliphatic heterocycles. The van der Waals surface area contributed by atoms with Crippen molar-refractivity contribution < 1.29 is 18.0 Å². The third-order valence-electron chi connectivity index (χ3n) is 4.58. The highest BCUT2D eigenvalue weighted by atomic mass is 32.2. The lowest BCUT2D eigenvalue weighted by Crippen LogP contribution is -2.18. The van der Waals surface area contributed by atoms with Gasteiger partial charge in [-0.25, -0.2) is 9.97 Å². The smallest absolute Gasteiger partial charge is 0.371 e. The molecule has 1 amide bonds. The van der Waals surface area contributed by atoms with E-state index in [0.717, 1.165) is 24.5 Å². The normalized spacial score (nSPS) is 14.8. The molecule has 6 nitrogen and oxygen atoms in total. The van der Waals surface area contributed by atoms with Crippen LogP contribution in [0.1, 0.15) is 41.4 Å². The van der Waals surface area contributed by atoms with E-state index in [9.17, 15) is 23.2 Å². The molecule has 0 aromatic carbocycles. The molecule has 0 radical (unpaired) electrons. The second-order valence-electron chi connectivity index (χ2n) is 6.52. The zero-order valence-electron chi connectivity index (χ0n) is 15.7. The third-order valence-corrected chi connectivity index (χ3v) is 5.50. The van der Waals surface area contributed by atoms with Gasteiger partial charge in [-0.1, -0.05) is 6.92 Å². The number of nitrogens with one attached hydrogen (secondary N) is 2. The Balaban J connectivity index is 1.94. The van der Waals surface area contributed by atoms with Crippen LogP contribution in [0.5, 0.6) is 0 Å². The van der Waals surface area contributed by atoms with Gasteiger partial charge in [0.25, 0.3) is 5.91 Å². The Hall–Kier alpha value is -2.80. The Morgan fingerprint density at radius 2 is 2.03 bits per heavy atom. The van der Waals surface area contributed by atoms with Crippen LogP contribution in [0.4, 0.5) is 24.7 Å². The van der Waals surface area contributed by atoms with E-state index in [1.165, 1.54) is 25.0 Å². The van der Waals surface area contributed by atoms with Crippen LogP contribution in [-0.2, 0) is 11.6 Å². The van der Waals surface area contributed by atoms with Crippen molar-refractivity contribution in [2.24, 2.45) is 0 Å². The monoisotopic (exact) mass is 421 g/mol. The van der Waals surface area contributed by atoms with Gasteiger partial charge in [-0.2, -0.15) is 18.4 Å². The van der Waals surface area contributed by atoms with E-state index in [0.29, 0.717) is 16.8 Å². The van der Waals surface area contributed by atoms with Gasteiger partial charge < -0.3 is 10.6 Å². The van der Waals surface area contributed by atoms with Crippen LogP contribution in [-0.4, -0.2) is 28.7 Å². The van der Waals surface area contributed by atoms with Gasteiger partial charge in [0.2, 0.25) is 0 Å². The number of carbonyl (C=O) groups is 1. The Labute approximate surface area is 169 Å². The van der Waals surface area contributed by atoms with E-state index >= 15 is 0 Å². The number of carbonyl (C=O) groups excluding carboxylic acids is 1. The predicted octanol–water partition coefficient (Wildman–Crippen LogP) is 4.46. The molecule has 2 heterocycles. The van der Waals surface area contributed by atoms with E-state index in [2.05, 4.69) is 26.7 Å². The first-order valence-corrected chi connectivity index (χ1v) is 9.83. The predicted molar refractivity (Wildman–Crippen MR) is 104 cm³/mol. The molecule has 2 aromatic rings. The van der Waals surface area contributed by atoms with Crippen LogP contribution in [0.2, 0.25) is 0 Å². The summed E-state index contributed by atoms with van der Waals surface area (Å²) in [6.07, 6.45) is -0.904. The largest absolute Gasteiger partial charge is 0.417 e. The van der Waals surface area contributed by atoms with Gasteiger partial charge in [0.1, 0.15) is 11.5 Å². The molecule has 29 heavy (non-hydrogen) atoms. The van der Waals surface area contributed by atoms with Crippen LogP contribution in [0.15, 0.2) is 29.4 Å². The Morgan fingerprint density at radius 1 is 1.31 bits per heavy atom. The summed E-state index contributed by atoms with van der Waals surface area (Å²) in [7, 11) is 1.49. The number of anilines is 2. The number of rotatable bonds is 6. The first-order chi connectivity index (χ1) is 13.7. The molecule has 2 aromatic heterocycles. The molecule has 3 rings (SSSR count). The van der Waals surface area contributed by atoms with E-state index in [-0.39, 0.29) is 17.2 Å². The molecule has 0 atom stereocenters. The SMILES string of the molecule is CCSc1cc(C2(C#N)CC2)cnc1C(=O)Nc1cc(C(F)(F)F)cnc1NC. The van der Waals surface area contributed by atoms with Crippen molar-refractivity contribution in [2.75, 3.05) is 23.4 Å². The summed E-state index contributed by atoms with van der Waals surface area (Å²) in [6, 6.07) is 4.89. The first kappa shape index (κ1) is 20.9. The number of halogens is 3. The maximum atomic E-state index is 13.0. The fourth-order valence-corrected chi connectivity index (χ4v) is 3.63. The number of alkyl halides is 3. The Kier molecular flexibility index (Phi) is 5.71. The van der Waals surface area contributed by atoms with Gasteiger partial charge >= 0.3 is 6.18 Å². The number of thioether (sulfide) groups is 1. The fourth-order valence-electron chi connectivity index (χ4n) is 2.83. The van der Waals surface area contributed by atoms with Crippen molar-refractivity contribution in [1.82, 2.24) is 9.97 Å². The molecule has 0 saturated heterocycles. The Morgan fingerprint density at radius 3 is 2.59 bits per heavy atom. The third kappa shape index (κ3) is 4.29. The zero-order valence-corrected chi connectivity index (χ0v) is 16.5. The molecule has 0 unspecified atom stereocenters. The first-order valence-electron chi connectivity index (χ1n) is 8.85. The van der Waals surface area contributed by atoms with Crippen molar-refractivity contribution in [3.63, 3.8) is 0 Å². The minimum atomic E-state index is -4.59. The summed E-state index contributed by atoms with van der Waals surface area (Å²) >= 11 is 1.38. The maximum Gasteiger partial charge on any atom is 0.417 e. The van der Waals surface area contributed by atoms with Crippen LogP contribution in [0.3, 0.4) is 0 Å². The molecule has 10 heteroatoms. The fraction of sp³-hybridized carbons (Fsp3) is 0.368. The molecular formula is C19H18F3N5OS. The topological polar surface area (TPSA) is 90.7 Å². The summed E-state index contributed by atoms with van der Waals surface area (Å²) in [6.45, 7) is 1.91. The van der Waals surface area contributed by atoms with E-state index in [1.807, 2.05) is 6.92 Å². The molecule has 1 aliphatic rings. The lowest BCUT2D eigenvalue weighted by molar-refractivity contribution is -0.137. The van der Waals surface area contributed by atoms with Crippen molar-refractivity contribution >= 4 is 29.2 Å².